The van der Waals surface area contributed by atoms with E-state index in [-0.39, 0.29) is 17.6 Å². The number of amides is 2. The molecule has 28 heavy (non-hydrogen) atoms. The molecule has 2 amide bonds. The zero-order valence-corrected chi connectivity index (χ0v) is 16.6. The van der Waals surface area contributed by atoms with Gasteiger partial charge in [-0.3, -0.25) is 9.59 Å². The fourth-order valence-corrected chi connectivity index (χ4v) is 2.94. The lowest BCUT2D eigenvalue weighted by atomic mass is 10.1. The van der Waals surface area contributed by atoms with E-state index in [1.54, 1.807) is 67.7 Å². The number of rotatable bonds is 5. The third kappa shape index (κ3) is 4.30. The first kappa shape index (κ1) is 19.4. The van der Waals surface area contributed by atoms with Crippen molar-refractivity contribution in [1.29, 1.82) is 5.26 Å². The monoisotopic (exact) mass is 437 g/mol. The predicted octanol–water partition coefficient (Wildman–Crippen LogP) is 4.12. The number of nitrogens with zero attached hydrogens (tertiary/aromatic N) is 2. The molecule has 1 N–H and O–H groups in total. The molecule has 0 aliphatic carbocycles. The Morgan fingerprint density at radius 1 is 1.11 bits per heavy atom. The van der Waals surface area contributed by atoms with Crippen molar-refractivity contribution in [3.05, 3.63) is 87.8 Å². The zero-order chi connectivity index (χ0) is 20.1. The zero-order valence-electron chi connectivity index (χ0n) is 15.0. The molecular weight excluding hydrogens is 422 g/mol. The smallest absolute Gasteiger partial charge is 0.293 e. The lowest BCUT2D eigenvalue weighted by Gasteiger charge is -2.19. The summed E-state index contributed by atoms with van der Waals surface area (Å²) in [7, 11) is 1.59. The topological polar surface area (TPSA) is 86.3 Å². The number of hydrogen-bond acceptors (Lipinski definition) is 4. The first-order chi connectivity index (χ1) is 13.5. The summed E-state index contributed by atoms with van der Waals surface area (Å²) >= 11 is 3.18. The van der Waals surface area contributed by atoms with Gasteiger partial charge in [-0.25, -0.2) is 0 Å². The molecule has 0 bridgehead atoms. The molecule has 0 spiro atoms. The van der Waals surface area contributed by atoms with E-state index < -0.39 is 0 Å². The highest BCUT2D eigenvalue weighted by Crippen LogP contribution is 2.23. The van der Waals surface area contributed by atoms with E-state index >= 15 is 0 Å². The van der Waals surface area contributed by atoms with Crippen molar-refractivity contribution >= 4 is 33.4 Å². The van der Waals surface area contributed by atoms with Gasteiger partial charge in [0.25, 0.3) is 11.8 Å². The minimum Gasteiger partial charge on any atom is -0.444 e. The lowest BCUT2D eigenvalue weighted by molar-refractivity contribution is 0.0951. The van der Waals surface area contributed by atoms with Crippen molar-refractivity contribution < 1.29 is 14.0 Å². The largest absolute Gasteiger partial charge is 0.444 e. The first-order valence-electron chi connectivity index (χ1n) is 8.39. The predicted molar refractivity (Wildman–Crippen MR) is 108 cm³/mol. The quantitative estimate of drug-likeness (QED) is 0.650. The number of para-hydroxylation sites is 1. The van der Waals surface area contributed by atoms with Gasteiger partial charge in [-0.1, -0.05) is 24.3 Å². The van der Waals surface area contributed by atoms with Crippen LogP contribution in [-0.4, -0.2) is 18.9 Å². The van der Waals surface area contributed by atoms with Crippen LogP contribution >= 0.6 is 15.9 Å². The van der Waals surface area contributed by atoms with Crippen LogP contribution in [-0.2, 0) is 6.54 Å². The van der Waals surface area contributed by atoms with Crippen LogP contribution in [0.3, 0.4) is 0 Å². The lowest BCUT2D eigenvalue weighted by Crippen LogP contribution is -2.30. The summed E-state index contributed by atoms with van der Waals surface area (Å²) in [5.41, 5.74) is 2.27. The van der Waals surface area contributed by atoms with Crippen molar-refractivity contribution in [3.8, 4) is 6.07 Å². The van der Waals surface area contributed by atoms with Crippen molar-refractivity contribution in [2.45, 2.75) is 6.54 Å². The molecule has 0 aliphatic rings. The van der Waals surface area contributed by atoms with Crippen LogP contribution in [0.25, 0.3) is 0 Å². The van der Waals surface area contributed by atoms with E-state index in [0.29, 0.717) is 28.0 Å². The van der Waals surface area contributed by atoms with Gasteiger partial charge in [0.2, 0.25) is 0 Å². The Balaban J connectivity index is 1.76. The Bertz CT molecular complexity index is 1050. The second-order valence-corrected chi connectivity index (χ2v) is 6.76. The fraction of sp³-hybridized carbons (Fsp3) is 0.0952. The van der Waals surface area contributed by atoms with Crippen molar-refractivity contribution in [1.82, 2.24) is 5.32 Å². The van der Waals surface area contributed by atoms with Crippen molar-refractivity contribution in [3.63, 3.8) is 0 Å². The number of anilines is 1. The Morgan fingerprint density at radius 3 is 2.46 bits per heavy atom. The normalized spacial score (nSPS) is 10.2. The van der Waals surface area contributed by atoms with Crippen LogP contribution < -0.4 is 10.2 Å². The van der Waals surface area contributed by atoms with Gasteiger partial charge in [-0.15, -0.1) is 0 Å². The van der Waals surface area contributed by atoms with E-state index in [2.05, 4.69) is 27.3 Å². The van der Waals surface area contributed by atoms with E-state index in [1.165, 1.54) is 4.90 Å². The Kier molecular flexibility index (Phi) is 5.92. The molecule has 3 aromatic rings. The third-order valence-electron chi connectivity index (χ3n) is 4.13. The molecule has 0 atom stereocenters. The van der Waals surface area contributed by atoms with Gasteiger partial charge >= 0.3 is 0 Å². The average Bonchev–Trinajstić information content (AvgIpc) is 3.17. The second-order valence-electron chi connectivity index (χ2n) is 5.98. The van der Waals surface area contributed by atoms with Crippen LogP contribution in [0.4, 0.5) is 5.69 Å². The molecule has 0 saturated carbocycles. The molecule has 3 rings (SSSR count). The fourth-order valence-electron chi connectivity index (χ4n) is 2.64. The van der Waals surface area contributed by atoms with Crippen LogP contribution in [0.5, 0.6) is 0 Å². The summed E-state index contributed by atoms with van der Waals surface area (Å²) in [6, 6.07) is 19.1. The maximum atomic E-state index is 12.7. The number of nitriles is 1. The molecule has 1 heterocycles. The van der Waals surface area contributed by atoms with Gasteiger partial charge in [-0.2, -0.15) is 5.26 Å². The number of benzene rings is 2. The van der Waals surface area contributed by atoms with Gasteiger partial charge in [0.05, 0.1) is 22.9 Å². The number of nitrogens with one attached hydrogen (secondary N) is 1. The van der Waals surface area contributed by atoms with Crippen molar-refractivity contribution in [2.75, 3.05) is 11.9 Å². The first-order valence-corrected chi connectivity index (χ1v) is 9.18. The number of furan rings is 1. The van der Waals surface area contributed by atoms with Crippen LogP contribution in [0.2, 0.25) is 0 Å². The maximum Gasteiger partial charge on any atom is 0.293 e. The molecule has 2 aromatic carbocycles. The summed E-state index contributed by atoms with van der Waals surface area (Å²) in [5, 5.41) is 11.7. The van der Waals surface area contributed by atoms with Gasteiger partial charge in [0.1, 0.15) is 0 Å². The van der Waals surface area contributed by atoms with Gasteiger partial charge in [0.15, 0.2) is 10.4 Å². The van der Waals surface area contributed by atoms with Crippen LogP contribution in [0.15, 0.2) is 69.8 Å². The number of halogens is 1. The van der Waals surface area contributed by atoms with Crippen LogP contribution in [0.1, 0.15) is 32.0 Å². The Hall–Kier alpha value is -3.37. The molecule has 140 valence electrons. The highest BCUT2D eigenvalue weighted by atomic mass is 79.9. The summed E-state index contributed by atoms with van der Waals surface area (Å²) in [6.45, 7) is 0.307. The summed E-state index contributed by atoms with van der Waals surface area (Å²) < 4.78 is 5.77. The molecule has 6 nitrogen and oxygen atoms in total. The minimum atomic E-state index is -0.363. The Labute approximate surface area is 170 Å². The van der Waals surface area contributed by atoms with Crippen molar-refractivity contribution in [2.24, 2.45) is 0 Å². The SMILES string of the molecule is CN(C(=O)c1ccc(Br)o1)c1ccccc1C(=O)NCc1ccc(C#N)cc1. The number of carbonyl (C=O) groups is 2. The standard InChI is InChI=1S/C21H16BrN3O3/c1-25(21(27)18-10-11-19(22)28-18)17-5-3-2-4-16(17)20(26)24-13-15-8-6-14(12-23)7-9-15/h2-11H,13H2,1H3,(H,24,26). The van der Waals surface area contributed by atoms with E-state index in [1.807, 2.05) is 0 Å². The molecule has 0 unspecified atom stereocenters. The molecule has 0 saturated heterocycles. The minimum absolute atomic E-state index is 0.169. The highest BCUT2D eigenvalue weighted by molar-refractivity contribution is 9.10. The number of hydrogen-bond donors (Lipinski definition) is 1. The summed E-state index contributed by atoms with van der Waals surface area (Å²) in [6.07, 6.45) is 0. The highest BCUT2D eigenvalue weighted by Gasteiger charge is 2.21. The molecule has 0 aliphatic heterocycles. The van der Waals surface area contributed by atoms with E-state index in [9.17, 15) is 9.59 Å². The van der Waals surface area contributed by atoms with Gasteiger partial charge < -0.3 is 14.6 Å². The molecule has 0 radical (unpaired) electrons. The molecule has 7 heteroatoms. The number of carbonyl (C=O) groups excluding carboxylic acids is 2. The second kappa shape index (κ2) is 8.55. The summed E-state index contributed by atoms with van der Waals surface area (Å²) in [5.74, 6) is -0.500. The van der Waals surface area contributed by atoms with E-state index in [4.69, 9.17) is 9.68 Å². The molecule has 0 fully saturated rings. The summed E-state index contributed by atoms with van der Waals surface area (Å²) in [4.78, 5) is 26.7. The molecule has 1 aromatic heterocycles. The van der Waals surface area contributed by atoms with E-state index in [0.717, 1.165) is 5.56 Å². The van der Waals surface area contributed by atoms with Gasteiger partial charge in [-0.05, 0) is 57.9 Å². The third-order valence-corrected chi connectivity index (χ3v) is 4.56. The maximum absolute atomic E-state index is 12.7. The average molecular weight is 438 g/mol. The Morgan fingerprint density at radius 2 is 1.82 bits per heavy atom. The van der Waals surface area contributed by atoms with Crippen LogP contribution in [0, 0.1) is 11.3 Å². The van der Waals surface area contributed by atoms with Gasteiger partial charge in [0, 0.05) is 13.6 Å². The molecular formula is C21H16BrN3O3.